The van der Waals surface area contributed by atoms with E-state index in [1.807, 2.05) is 18.3 Å². The van der Waals surface area contributed by atoms with Crippen LogP contribution in [0.1, 0.15) is 27.2 Å². The van der Waals surface area contributed by atoms with Crippen LogP contribution in [0.4, 0.5) is 15.8 Å². The zero-order valence-corrected chi connectivity index (χ0v) is 25.0. The van der Waals surface area contributed by atoms with E-state index in [1.54, 1.807) is 66.7 Å². The molecule has 0 fully saturated rings. The number of nitrogens with one attached hydrogen (secondary N) is 3. The van der Waals surface area contributed by atoms with Gasteiger partial charge in [-0.05, 0) is 60.2 Å². The van der Waals surface area contributed by atoms with Gasteiger partial charge in [0.1, 0.15) is 12.4 Å². The van der Waals surface area contributed by atoms with Gasteiger partial charge in [-0.2, -0.15) is 0 Å². The summed E-state index contributed by atoms with van der Waals surface area (Å²) in [6.45, 7) is 0.436. The molecule has 5 aromatic rings. The predicted molar refractivity (Wildman–Crippen MR) is 169 cm³/mol. The van der Waals surface area contributed by atoms with Gasteiger partial charge in [0.2, 0.25) is 11.8 Å². The lowest BCUT2D eigenvalue weighted by Gasteiger charge is -2.15. The van der Waals surface area contributed by atoms with Crippen LogP contribution in [0.3, 0.4) is 0 Å². The fraction of sp³-hybridized carbons (Fsp3) is 0.121. The van der Waals surface area contributed by atoms with Crippen molar-refractivity contribution in [1.82, 2.24) is 9.97 Å². The van der Waals surface area contributed by atoms with Crippen molar-refractivity contribution < 1.29 is 23.5 Å². The van der Waals surface area contributed by atoms with Crippen LogP contribution in [0.5, 0.6) is 5.88 Å². The van der Waals surface area contributed by atoms with Crippen LogP contribution < -0.4 is 15.4 Å². The summed E-state index contributed by atoms with van der Waals surface area (Å²) in [7, 11) is 1.31. The maximum Gasteiger partial charge on any atom is 0.337 e. The Kier molecular flexibility index (Phi) is 9.79. The van der Waals surface area contributed by atoms with Crippen LogP contribution >= 0.6 is 23.2 Å². The molecule has 0 aliphatic heterocycles. The van der Waals surface area contributed by atoms with E-state index in [0.29, 0.717) is 61.8 Å². The fourth-order valence-corrected chi connectivity index (χ4v) is 4.86. The molecule has 5 rings (SSSR count). The summed E-state index contributed by atoms with van der Waals surface area (Å²) in [6, 6.07) is 23.6. The lowest BCUT2D eigenvalue weighted by Crippen LogP contribution is -2.16. The first-order chi connectivity index (χ1) is 21.3. The molecule has 0 saturated heterocycles. The molecule has 11 heteroatoms. The van der Waals surface area contributed by atoms with Gasteiger partial charge >= 0.3 is 5.97 Å². The summed E-state index contributed by atoms with van der Waals surface area (Å²) >= 11 is 12.4. The number of amides is 1. The van der Waals surface area contributed by atoms with Crippen molar-refractivity contribution in [3.8, 4) is 17.1 Å². The van der Waals surface area contributed by atoms with Crippen LogP contribution in [0, 0.1) is 5.82 Å². The summed E-state index contributed by atoms with van der Waals surface area (Å²) < 4.78 is 24.7. The largest absolute Gasteiger partial charge is 0.473 e. The van der Waals surface area contributed by atoms with E-state index in [0.717, 1.165) is 5.69 Å². The Balaban J connectivity index is 1.26. The lowest BCUT2D eigenvalue weighted by atomic mass is 10.1. The number of aromatic amines is 1. The Bertz CT molecular complexity index is 1800. The molecule has 0 aliphatic rings. The summed E-state index contributed by atoms with van der Waals surface area (Å²) in [5.74, 6) is -0.915. The summed E-state index contributed by atoms with van der Waals surface area (Å²) in [5.41, 5.74) is 4.60. The Hall–Kier alpha value is -4.86. The van der Waals surface area contributed by atoms with E-state index in [4.69, 9.17) is 32.7 Å². The number of hydrogen-bond acceptors (Lipinski definition) is 6. The minimum absolute atomic E-state index is 0.0180. The normalized spacial score (nSPS) is 10.7. The minimum Gasteiger partial charge on any atom is -0.473 e. The monoisotopic (exact) mass is 632 g/mol. The first-order valence-electron chi connectivity index (χ1n) is 13.5. The molecule has 0 aliphatic carbocycles. The van der Waals surface area contributed by atoms with Crippen molar-refractivity contribution in [2.24, 2.45) is 0 Å². The number of halogens is 3. The average molecular weight is 634 g/mol. The smallest absolute Gasteiger partial charge is 0.337 e. The van der Waals surface area contributed by atoms with E-state index in [-0.39, 0.29) is 18.9 Å². The molecule has 2 aromatic heterocycles. The van der Waals surface area contributed by atoms with Crippen LogP contribution in [0.15, 0.2) is 91.1 Å². The summed E-state index contributed by atoms with van der Waals surface area (Å²) in [6.07, 6.45) is 1.87. The molecule has 0 spiro atoms. The molecule has 0 bridgehead atoms. The van der Waals surface area contributed by atoms with Crippen molar-refractivity contribution in [3.05, 3.63) is 129 Å². The van der Waals surface area contributed by atoms with Gasteiger partial charge in [-0.25, -0.2) is 14.2 Å². The van der Waals surface area contributed by atoms with E-state index < -0.39 is 11.8 Å². The molecule has 0 unspecified atom stereocenters. The van der Waals surface area contributed by atoms with Crippen LogP contribution in [-0.2, 0) is 29.1 Å². The molecule has 0 radical (unpaired) electrons. The Morgan fingerprint density at radius 2 is 1.82 bits per heavy atom. The Morgan fingerprint density at radius 1 is 0.955 bits per heavy atom. The maximum absolute atomic E-state index is 14.1. The number of benzene rings is 3. The first-order valence-corrected chi connectivity index (χ1v) is 14.3. The van der Waals surface area contributed by atoms with Crippen LogP contribution in [-0.4, -0.2) is 29.0 Å². The van der Waals surface area contributed by atoms with E-state index in [1.165, 1.54) is 13.2 Å². The third kappa shape index (κ3) is 7.75. The molecule has 2 heterocycles. The number of carbonyl (C=O) groups is 2. The van der Waals surface area contributed by atoms with E-state index in [9.17, 15) is 14.0 Å². The second-order valence-corrected chi connectivity index (χ2v) is 10.6. The predicted octanol–water partition coefficient (Wildman–Crippen LogP) is 7.68. The third-order valence-electron chi connectivity index (χ3n) is 6.63. The van der Waals surface area contributed by atoms with Gasteiger partial charge in [0.15, 0.2) is 0 Å². The number of hydrogen-bond donors (Lipinski definition) is 3. The second kappa shape index (κ2) is 14.1. The average Bonchev–Trinajstić information content (AvgIpc) is 3.54. The number of carbonyl (C=O) groups excluding carboxylic acids is 2. The molecule has 1 amide bonds. The number of aromatic nitrogens is 2. The Labute approximate surface area is 263 Å². The van der Waals surface area contributed by atoms with Gasteiger partial charge in [-0.15, -0.1) is 0 Å². The quantitative estimate of drug-likeness (QED) is 0.129. The number of rotatable bonds is 11. The highest BCUT2D eigenvalue weighted by molar-refractivity contribution is 6.33. The van der Waals surface area contributed by atoms with Gasteiger partial charge in [0, 0.05) is 34.1 Å². The fourth-order valence-electron chi connectivity index (χ4n) is 4.40. The number of esters is 1. The SMILES string of the molecule is COC(=O)c1ccc(NC(=O)Cc2ccc(-c3cccc(OCc4ccc(Cl)cc4F)n3)c(Cl)c2)c(NCc2ccc[nH]2)c1. The second-order valence-electron chi connectivity index (χ2n) is 9.73. The van der Waals surface area contributed by atoms with Crippen LogP contribution in [0.25, 0.3) is 11.3 Å². The van der Waals surface area contributed by atoms with Gasteiger partial charge in [-0.1, -0.05) is 47.5 Å². The maximum atomic E-state index is 14.1. The number of ether oxygens (including phenoxy) is 2. The number of H-pyrrole nitrogens is 1. The van der Waals surface area contributed by atoms with Gasteiger partial charge < -0.3 is 25.1 Å². The zero-order valence-electron chi connectivity index (χ0n) is 23.5. The molecular weight excluding hydrogens is 606 g/mol. The zero-order chi connectivity index (χ0) is 31.1. The number of nitrogens with zero attached hydrogens (tertiary/aromatic N) is 1. The molecule has 3 N–H and O–H groups in total. The number of methoxy groups -OCH3 is 1. The summed E-state index contributed by atoms with van der Waals surface area (Å²) in [4.78, 5) is 32.7. The highest BCUT2D eigenvalue weighted by Crippen LogP contribution is 2.30. The molecule has 224 valence electrons. The lowest BCUT2D eigenvalue weighted by molar-refractivity contribution is -0.115. The van der Waals surface area contributed by atoms with Gasteiger partial charge in [0.25, 0.3) is 0 Å². The molecule has 0 atom stereocenters. The molecule has 0 saturated carbocycles. The van der Waals surface area contributed by atoms with E-state index in [2.05, 4.69) is 20.6 Å². The van der Waals surface area contributed by atoms with Crippen molar-refractivity contribution in [2.45, 2.75) is 19.6 Å². The Morgan fingerprint density at radius 3 is 2.57 bits per heavy atom. The summed E-state index contributed by atoms with van der Waals surface area (Å²) in [5, 5.41) is 6.87. The van der Waals surface area contributed by atoms with E-state index >= 15 is 0 Å². The number of pyridine rings is 1. The van der Waals surface area contributed by atoms with Crippen molar-refractivity contribution in [1.29, 1.82) is 0 Å². The first kappa shape index (κ1) is 30.6. The molecule has 44 heavy (non-hydrogen) atoms. The van der Waals surface area contributed by atoms with Crippen molar-refractivity contribution in [3.63, 3.8) is 0 Å². The highest BCUT2D eigenvalue weighted by atomic mass is 35.5. The minimum atomic E-state index is -0.484. The standard InChI is InChI=1S/C33H27Cl2FN4O4/c1-43-33(42)21-9-12-29(30(16-21)38-18-24-4-3-13-37-24)39-31(41)15-20-7-11-25(26(35)14-20)28-5-2-6-32(40-28)44-19-22-8-10-23(34)17-27(22)36/h2-14,16-17,37-38H,15,18-19H2,1H3,(H,39,41). The molecule has 3 aromatic carbocycles. The topological polar surface area (TPSA) is 105 Å². The van der Waals surface area contributed by atoms with Crippen molar-refractivity contribution >= 4 is 46.5 Å². The molecule has 8 nitrogen and oxygen atoms in total. The van der Waals surface area contributed by atoms with Gasteiger partial charge in [0.05, 0.1) is 47.7 Å². The highest BCUT2D eigenvalue weighted by Gasteiger charge is 2.15. The molecular formula is C33H27Cl2FN4O4. The van der Waals surface area contributed by atoms with Crippen molar-refractivity contribution in [2.75, 3.05) is 17.7 Å². The number of anilines is 2. The third-order valence-corrected chi connectivity index (χ3v) is 7.18. The van der Waals surface area contributed by atoms with Crippen LogP contribution in [0.2, 0.25) is 10.0 Å². The van der Waals surface area contributed by atoms with Gasteiger partial charge in [-0.3, -0.25) is 4.79 Å².